The Bertz CT molecular complexity index is 1590. The summed E-state index contributed by atoms with van der Waals surface area (Å²) in [6.45, 7) is 0. The topological polar surface area (TPSA) is 6.48 Å². The predicted molar refractivity (Wildman–Crippen MR) is 159 cm³/mol. The monoisotopic (exact) mass is 476 g/mol. The molecule has 0 saturated carbocycles. The molecule has 37 heavy (non-hydrogen) atoms. The van der Waals surface area contributed by atoms with Crippen molar-refractivity contribution in [3.05, 3.63) is 152 Å². The fourth-order valence-corrected chi connectivity index (χ4v) is 5.10. The normalized spacial score (nSPS) is 10.8. The van der Waals surface area contributed by atoms with Crippen molar-refractivity contribution < 1.29 is 0 Å². The van der Waals surface area contributed by atoms with Crippen LogP contribution in [0.3, 0.4) is 0 Å². The maximum atomic E-state index is 2.34. The second kappa shape index (κ2) is 10.0. The third kappa shape index (κ3) is 4.34. The Morgan fingerprint density at radius 3 is 1.46 bits per heavy atom. The van der Waals surface area contributed by atoms with Crippen molar-refractivity contribution in [2.45, 2.75) is 0 Å². The smallest absolute Gasteiger partial charge is 0.0540 e. The van der Waals surface area contributed by atoms with Gasteiger partial charge in [0, 0.05) is 46.1 Å². The van der Waals surface area contributed by atoms with Gasteiger partial charge in [-0.15, -0.1) is 0 Å². The van der Waals surface area contributed by atoms with E-state index in [9.17, 15) is 0 Å². The summed E-state index contributed by atoms with van der Waals surface area (Å²) in [6, 6.07) is 53.6. The molecule has 0 aromatic heterocycles. The number of nitrogens with zero attached hydrogens (tertiary/aromatic N) is 2. The first kappa shape index (κ1) is 22.6. The second-order valence-electron chi connectivity index (χ2n) is 9.10. The van der Waals surface area contributed by atoms with E-state index < -0.39 is 0 Å². The summed E-state index contributed by atoms with van der Waals surface area (Å²) in [5.74, 6) is 0. The van der Waals surface area contributed by atoms with Crippen LogP contribution in [0, 0.1) is 0 Å². The third-order valence-corrected chi connectivity index (χ3v) is 6.86. The molecule has 0 radical (unpaired) electrons. The first-order valence-corrected chi connectivity index (χ1v) is 12.6. The average Bonchev–Trinajstić information content (AvgIpc) is 2.98. The SMILES string of the molecule is CN(c1ccccc1-c1ccccc1)c1cccc2c(N(c3ccccc3)c3ccccc3)cccc12. The highest BCUT2D eigenvalue weighted by molar-refractivity contribution is 6.06. The maximum absolute atomic E-state index is 2.34. The molecule has 0 N–H and O–H groups in total. The molecule has 0 fully saturated rings. The number of benzene rings is 6. The summed E-state index contributed by atoms with van der Waals surface area (Å²) in [5, 5.41) is 2.42. The van der Waals surface area contributed by atoms with Crippen molar-refractivity contribution in [1.29, 1.82) is 0 Å². The summed E-state index contributed by atoms with van der Waals surface area (Å²) in [4.78, 5) is 4.65. The van der Waals surface area contributed by atoms with Gasteiger partial charge in [0.2, 0.25) is 0 Å². The van der Waals surface area contributed by atoms with Gasteiger partial charge in [-0.25, -0.2) is 0 Å². The summed E-state index contributed by atoms with van der Waals surface area (Å²) in [5.41, 5.74) is 8.20. The summed E-state index contributed by atoms with van der Waals surface area (Å²) in [6.07, 6.45) is 0. The van der Waals surface area contributed by atoms with Crippen molar-refractivity contribution in [2.24, 2.45) is 0 Å². The minimum atomic E-state index is 1.13. The van der Waals surface area contributed by atoms with Crippen LogP contribution in [-0.2, 0) is 0 Å². The van der Waals surface area contributed by atoms with Gasteiger partial charge in [-0.05, 0) is 48.0 Å². The Morgan fingerprint density at radius 1 is 0.378 bits per heavy atom. The van der Waals surface area contributed by atoms with E-state index in [0.717, 1.165) is 17.1 Å². The molecule has 0 atom stereocenters. The highest BCUT2D eigenvalue weighted by atomic mass is 15.1. The van der Waals surface area contributed by atoms with Gasteiger partial charge in [0.25, 0.3) is 0 Å². The van der Waals surface area contributed by atoms with E-state index in [4.69, 9.17) is 0 Å². The van der Waals surface area contributed by atoms with Gasteiger partial charge in [-0.3, -0.25) is 0 Å². The quantitative estimate of drug-likeness (QED) is 0.236. The number of hydrogen-bond donors (Lipinski definition) is 0. The largest absolute Gasteiger partial charge is 0.344 e. The van der Waals surface area contributed by atoms with Crippen LogP contribution in [0.4, 0.5) is 28.4 Å². The molecule has 0 bridgehead atoms. The zero-order valence-electron chi connectivity index (χ0n) is 20.8. The molecule has 0 heterocycles. The van der Waals surface area contributed by atoms with Gasteiger partial charge in [0.15, 0.2) is 0 Å². The number of hydrogen-bond acceptors (Lipinski definition) is 2. The van der Waals surface area contributed by atoms with E-state index >= 15 is 0 Å². The molecule has 0 aliphatic heterocycles. The van der Waals surface area contributed by atoms with Gasteiger partial charge in [0.1, 0.15) is 0 Å². The van der Waals surface area contributed by atoms with Gasteiger partial charge >= 0.3 is 0 Å². The van der Waals surface area contributed by atoms with E-state index in [1.165, 1.54) is 33.3 Å². The third-order valence-electron chi connectivity index (χ3n) is 6.86. The molecule has 0 amide bonds. The zero-order chi connectivity index (χ0) is 25.0. The molecule has 0 unspecified atom stereocenters. The van der Waals surface area contributed by atoms with Crippen LogP contribution in [0.5, 0.6) is 0 Å². The molecule has 0 saturated heterocycles. The molecule has 178 valence electrons. The van der Waals surface area contributed by atoms with Crippen LogP contribution in [-0.4, -0.2) is 7.05 Å². The highest BCUT2D eigenvalue weighted by Crippen LogP contribution is 2.42. The summed E-state index contributed by atoms with van der Waals surface area (Å²) < 4.78 is 0. The zero-order valence-corrected chi connectivity index (χ0v) is 20.8. The Kier molecular flexibility index (Phi) is 6.14. The van der Waals surface area contributed by atoms with E-state index in [-0.39, 0.29) is 0 Å². The first-order chi connectivity index (χ1) is 18.3. The molecular formula is C35H28N2. The first-order valence-electron chi connectivity index (χ1n) is 12.6. The molecule has 2 heteroatoms. The van der Waals surface area contributed by atoms with E-state index in [1.807, 2.05) is 0 Å². The summed E-state index contributed by atoms with van der Waals surface area (Å²) >= 11 is 0. The van der Waals surface area contributed by atoms with Crippen LogP contribution in [0.15, 0.2) is 152 Å². The van der Waals surface area contributed by atoms with Gasteiger partial charge in [-0.1, -0.05) is 109 Å². The molecule has 6 rings (SSSR count). The molecule has 0 spiro atoms. The van der Waals surface area contributed by atoms with Gasteiger partial charge < -0.3 is 9.80 Å². The Labute approximate surface area is 218 Å². The molecule has 0 aliphatic carbocycles. The fraction of sp³-hybridized carbons (Fsp3) is 0.0286. The minimum Gasteiger partial charge on any atom is -0.344 e. The fourth-order valence-electron chi connectivity index (χ4n) is 5.10. The Balaban J connectivity index is 1.52. The van der Waals surface area contributed by atoms with E-state index in [2.05, 4.69) is 169 Å². The Morgan fingerprint density at radius 2 is 0.838 bits per heavy atom. The molecular weight excluding hydrogens is 448 g/mol. The minimum absolute atomic E-state index is 1.13. The van der Waals surface area contributed by atoms with E-state index in [0.29, 0.717) is 0 Å². The van der Waals surface area contributed by atoms with Crippen LogP contribution in [0.25, 0.3) is 21.9 Å². The lowest BCUT2D eigenvalue weighted by Crippen LogP contribution is -2.13. The molecule has 2 nitrogen and oxygen atoms in total. The maximum Gasteiger partial charge on any atom is 0.0540 e. The predicted octanol–water partition coefficient (Wildman–Crippen LogP) is 9.74. The Hall–Kier alpha value is -4.82. The standard InChI is InChI=1S/C35H28N2/c1-36(33-24-12-11-21-30(33)27-15-5-2-6-16-27)34-25-13-23-32-31(34)22-14-26-35(32)37(28-17-7-3-8-18-28)29-19-9-4-10-20-29/h2-26H,1H3. The lowest BCUT2D eigenvalue weighted by atomic mass is 10.0. The number of fused-ring (bicyclic) bond motifs is 1. The summed E-state index contributed by atoms with van der Waals surface area (Å²) in [7, 11) is 2.16. The average molecular weight is 477 g/mol. The highest BCUT2D eigenvalue weighted by Gasteiger charge is 2.18. The van der Waals surface area contributed by atoms with Gasteiger partial charge in [0.05, 0.1) is 5.69 Å². The van der Waals surface area contributed by atoms with E-state index in [1.54, 1.807) is 0 Å². The van der Waals surface area contributed by atoms with Crippen LogP contribution in [0.1, 0.15) is 0 Å². The van der Waals surface area contributed by atoms with Crippen molar-refractivity contribution >= 4 is 39.2 Å². The lowest BCUT2D eigenvalue weighted by Gasteiger charge is -2.28. The second-order valence-corrected chi connectivity index (χ2v) is 9.10. The van der Waals surface area contributed by atoms with Crippen molar-refractivity contribution in [3.8, 4) is 11.1 Å². The van der Waals surface area contributed by atoms with Gasteiger partial charge in [-0.2, -0.15) is 0 Å². The number of para-hydroxylation sites is 3. The van der Waals surface area contributed by atoms with Crippen LogP contribution >= 0.6 is 0 Å². The van der Waals surface area contributed by atoms with Crippen molar-refractivity contribution in [1.82, 2.24) is 0 Å². The number of rotatable bonds is 6. The lowest BCUT2D eigenvalue weighted by molar-refractivity contribution is 1.22. The van der Waals surface area contributed by atoms with Crippen LogP contribution in [0.2, 0.25) is 0 Å². The number of anilines is 5. The molecule has 6 aromatic rings. The van der Waals surface area contributed by atoms with Crippen molar-refractivity contribution in [2.75, 3.05) is 16.8 Å². The molecule has 6 aromatic carbocycles. The van der Waals surface area contributed by atoms with Crippen molar-refractivity contribution in [3.63, 3.8) is 0 Å². The molecule has 0 aliphatic rings. The van der Waals surface area contributed by atoms with Crippen LogP contribution < -0.4 is 9.80 Å².